The number of rotatable bonds is 6. The molecule has 4 heterocycles. The Bertz CT molecular complexity index is 1060. The lowest BCUT2D eigenvalue weighted by atomic mass is 10.1. The monoisotopic (exact) mass is 423 g/mol. The number of aryl methyl sites for hydroxylation is 1. The summed E-state index contributed by atoms with van der Waals surface area (Å²) in [4.78, 5) is 14.9. The summed E-state index contributed by atoms with van der Waals surface area (Å²) in [5.41, 5.74) is 9.72. The van der Waals surface area contributed by atoms with Crippen LogP contribution in [0.2, 0.25) is 0 Å². The number of hydrogen-bond donors (Lipinski definition) is 2. The Hall–Kier alpha value is -2.93. The van der Waals surface area contributed by atoms with Crippen molar-refractivity contribution in [3.63, 3.8) is 0 Å². The Morgan fingerprint density at radius 2 is 1.87 bits per heavy atom. The highest BCUT2D eigenvalue weighted by atomic mass is 15.3. The summed E-state index contributed by atoms with van der Waals surface area (Å²) in [7, 11) is 1.96. The largest absolute Gasteiger partial charge is 0.355 e. The molecule has 0 aliphatic heterocycles. The van der Waals surface area contributed by atoms with E-state index in [1.807, 2.05) is 44.0 Å². The van der Waals surface area contributed by atoms with Crippen molar-refractivity contribution in [3.05, 3.63) is 36.8 Å². The lowest BCUT2D eigenvalue weighted by molar-refractivity contribution is 0.755. The van der Waals surface area contributed by atoms with Gasteiger partial charge < -0.3 is 15.6 Å². The minimum absolute atomic E-state index is 0.588. The molecule has 0 saturated heterocycles. The van der Waals surface area contributed by atoms with Crippen LogP contribution in [-0.2, 0) is 7.05 Å². The number of pyridine rings is 2. The number of anilines is 1. The molecule has 0 saturated carbocycles. The number of fused-ring (bicyclic) bond motifs is 2. The molecular weight excluding hydrogens is 386 g/mol. The molecule has 4 rings (SSSR count). The first kappa shape index (κ1) is 24.3. The van der Waals surface area contributed by atoms with Crippen LogP contribution in [0.3, 0.4) is 0 Å². The number of nitrogens with two attached hydrogens (primary N) is 1. The molecule has 0 spiro atoms. The molecule has 0 amide bonds. The van der Waals surface area contributed by atoms with Crippen molar-refractivity contribution in [2.45, 2.75) is 47.5 Å². The highest BCUT2D eigenvalue weighted by Gasteiger charge is 2.17. The van der Waals surface area contributed by atoms with Gasteiger partial charge in [-0.05, 0) is 24.6 Å². The van der Waals surface area contributed by atoms with Crippen LogP contribution in [0.15, 0.2) is 36.8 Å². The molecule has 4 aromatic heterocycles. The van der Waals surface area contributed by atoms with Crippen LogP contribution in [0.5, 0.6) is 0 Å². The van der Waals surface area contributed by atoms with Crippen LogP contribution in [-0.4, -0.2) is 44.4 Å². The normalized spacial score (nSPS) is 10.4. The van der Waals surface area contributed by atoms with Crippen LogP contribution >= 0.6 is 0 Å². The first-order valence-corrected chi connectivity index (χ1v) is 11.3. The van der Waals surface area contributed by atoms with Crippen molar-refractivity contribution in [2.24, 2.45) is 12.8 Å². The number of aromatic nitrogens is 5. The zero-order valence-corrected chi connectivity index (χ0v) is 19.8. The summed E-state index contributed by atoms with van der Waals surface area (Å²) in [6.07, 6.45) is 7.93. The van der Waals surface area contributed by atoms with E-state index in [-0.39, 0.29) is 0 Å². The zero-order chi connectivity index (χ0) is 22.8. The van der Waals surface area contributed by atoms with Crippen LogP contribution in [0.25, 0.3) is 33.2 Å². The lowest BCUT2D eigenvalue weighted by Gasteiger charge is -2.23. The van der Waals surface area contributed by atoms with E-state index in [0.29, 0.717) is 6.54 Å². The molecule has 0 unspecified atom stereocenters. The van der Waals surface area contributed by atoms with E-state index in [1.54, 1.807) is 6.20 Å². The van der Waals surface area contributed by atoms with E-state index in [0.717, 1.165) is 58.5 Å². The van der Waals surface area contributed by atoms with Crippen molar-refractivity contribution >= 4 is 27.8 Å². The molecule has 0 aromatic carbocycles. The van der Waals surface area contributed by atoms with Gasteiger partial charge in [0.2, 0.25) is 0 Å². The maximum atomic E-state index is 5.85. The molecule has 0 aliphatic carbocycles. The SMILES string of the molecule is CC.CCC.CCCN(CCN)c1nc(-c2c[nH]c3ncccc23)cc2c1cnn2C. The zero-order valence-electron chi connectivity index (χ0n) is 19.8. The maximum absolute atomic E-state index is 5.85. The van der Waals surface area contributed by atoms with Crippen molar-refractivity contribution in [3.8, 4) is 11.3 Å². The standard InChI is InChI=1S/C19H23N7.C3H8.C2H6/c1-3-8-26(9-6-20)19-15-12-23-25(2)17(15)10-16(24-19)14-11-22-18-13(14)5-4-7-21-18;1-3-2;1-2/h4-5,7,10-12H,3,6,8-9,20H2,1-2H3,(H,21,22);3H2,1-2H3;1-2H3. The second-order valence-electron chi connectivity index (χ2n) is 7.12. The van der Waals surface area contributed by atoms with Crippen molar-refractivity contribution in [2.75, 3.05) is 24.5 Å². The molecule has 0 bridgehead atoms. The van der Waals surface area contributed by atoms with Crippen molar-refractivity contribution in [1.82, 2.24) is 24.7 Å². The summed E-state index contributed by atoms with van der Waals surface area (Å²) in [6.45, 7) is 12.7. The molecule has 3 N–H and O–H groups in total. The predicted octanol–water partition coefficient (Wildman–Crippen LogP) is 5.13. The molecule has 0 fully saturated rings. The molecule has 4 aromatic rings. The smallest absolute Gasteiger partial charge is 0.140 e. The van der Waals surface area contributed by atoms with Crippen molar-refractivity contribution in [1.29, 1.82) is 0 Å². The first-order chi connectivity index (χ1) is 15.1. The van der Waals surface area contributed by atoms with Crippen LogP contribution in [0.4, 0.5) is 5.82 Å². The van der Waals surface area contributed by atoms with Gasteiger partial charge in [-0.3, -0.25) is 4.68 Å². The predicted molar refractivity (Wildman–Crippen MR) is 132 cm³/mol. The van der Waals surface area contributed by atoms with Crippen molar-refractivity contribution < 1.29 is 0 Å². The van der Waals surface area contributed by atoms with E-state index in [4.69, 9.17) is 10.7 Å². The van der Waals surface area contributed by atoms with Gasteiger partial charge in [0, 0.05) is 50.0 Å². The molecule has 7 nitrogen and oxygen atoms in total. The number of H-pyrrole nitrogens is 1. The van der Waals surface area contributed by atoms with E-state index in [9.17, 15) is 0 Å². The third kappa shape index (κ3) is 5.41. The minimum atomic E-state index is 0.588. The van der Waals surface area contributed by atoms with E-state index in [1.165, 1.54) is 6.42 Å². The minimum Gasteiger partial charge on any atom is -0.355 e. The summed E-state index contributed by atoms with van der Waals surface area (Å²) in [5.74, 6) is 0.941. The topological polar surface area (TPSA) is 88.7 Å². The lowest BCUT2D eigenvalue weighted by Crippen LogP contribution is -2.31. The molecular formula is C24H37N7. The average molecular weight is 424 g/mol. The third-order valence-electron chi connectivity index (χ3n) is 4.64. The van der Waals surface area contributed by atoms with E-state index in [2.05, 4.69) is 52.9 Å². The Kier molecular flexibility index (Phi) is 9.46. The second-order valence-corrected chi connectivity index (χ2v) is 7.12. The Labute approximate surface area is 185 Å². The second kappa shape index (κ2) is 12.1. The van der Waals surface area contributed by atoms with Gasteiger partial charge in [-0.15, -0.1) is 0 Å². The number of aromatic amines is 1. The number of hydrogen-bond acceptors (Lipinski definition) is 5. The average Bonchev–Trinajstić information content (AvgIpc) is 3.39. The van der Waals surface area contributed by atoms with Gasteiger partial charge in [-0.25, -0.2) is 9.97 Å². The fraction of sp³-hybridized carbons (Fsp3) is 0.458. The van der Waals surface area contributed by atoms with Gasteiger partial charge in [0.05, 0.1) is 22.8 Å². The van der Waals surface area contributed by atoms with Gasteiger partial charge in [-0.1, -0.05) is 41.0 Å². The number of nitrogens with zero attached hydrogens (tertiary/aromatic N) is 5. The van der Waals surface area contributed by atoms with Gasteiger partial charge in [0.25, 0.3) is 0 Å². The van der Waals surface area contributed by atoms with Gasteiger partial charge in [0.15, 0.2) is 0 Å². The van der Waals surface area contributed by atoms with Crippen LogP contribution in [0, 0.1) is 0 Å². The first-order valence-electron chi connectivity index (χ1n) is 11.3. The third-order valence-corrected chi connectivity index (χ3v) is 4.64. The van der Waals surface area contributed by atoms with Gasteiger partial charge in [0.1, 0.15) is 11.5 Å². The fourth-order valence-corrected chi connectivity index (χ4v) is 3.42. The van der Waals surface area contributed by atoms with E-state index >= 15 is 0 Å². The summed E-state index contributed by atoms with van der Waals surface area (Å²) in [6, 6.07) is 6.10. The van der Waals surface area contributed by atoms with Crippen LogP contribution in [0.1, 0.15) is 47.5 Å². The van der Waals surface area contributed by atoms with Gasteiger partial charge in [-0.2, -0.15) is 5.10 Å². The Morgan fingerprint density at radius 1 is 1.13 bits per heavy atom. The maximum Gasteiger partial charge on any atom is 0.140 e. The summed E-state index contributed by atoms with van der Waals surface area (Å²) < 4.78 is 1.89. The highest BCUT2D eigenvalue weighted by molar-refractivity contribution is 5.97. The Morgan fingerprint density at radius 3 is 2.55 bits per heavy atom. The fourth-order valence-electron chi connectivity index (χ4n) is 3.42. The van der Waals surface area contributed by atoms with Crippen LogP contribution < -0.4 is 10.6 Å². The molecule has 0 radical (unpaired) electrons. The molecule has 0 atom stereocenters. The molecule has 0 aliphatic rings. The Balaban J connectivity index is 0.000000630. The summed E-state index contributed by atoms with van der Waals surface area (Å²) in [5, 5.41) is 6.56. The number of nitrogens with one attached hydrogen (secondary N) is 1. The quantitative estimate of drug-likeness (QED) is 0.449. The molecule has 7 heteroatoms. The van der Waals surface area contributed by atoms with E-state index < -0.39 is 0 Å². The highest BCUT2D eigenvalue weighted by Crippen LogP contribution is 2.32. The molecule has 31 heavy (non-hydrogen) atoms. The summed E-state index contributed by atoms with van der Waals surface area (Å²) >= 11 is 0. The molecule has 168 valence electrons. The van der Waals surface area contributed by atoms with Gasteiger partial charge >= 0.3 is 0 Å².